The van der Waals surface area contributed by atoms with Crippen LogP contribution in [0, 0.1) is 5.82 Å². The summed E-state index contributed by atoms with van der Waals surface area (Å²) in [4.78, 5) is 10.8. The highest BCUT2D eigenvalue weighted by atomic mass is 19.1. The van der Waals surface area contributed by atoms with Crippen LogP contribution in [-0.2, 0) is 0 Å². The minimum absolute atomic E-state index is 0.0189. The lowest BCUT2D eigenvalue weighted by molar-refractivity contribution is -0.255. The first kappa shape index (κ1) is 13.8. The Bertz CT molecular complexity index is 464. The Balaban J connectivity index is 2.25. The molecule has 1 aromatic rings. The van der Waals surface area contributed by atoms with E-state index in [-0.39, 0.29) is 16.9 Å². The van der Waals surface area contributed by atoms with E-state index in [0.717, 1.165) is 38.2 Å². The Morgan fingerprint density at radius 1 is 1.37 bits per heavy atom. The lowest BCUT2D eigenvalue weighted by atomic mass is 9.82. The number of rotatable bonds is 4. The Kier molecular flexibility index (Phi) is 4.08. The van der Waals surface area contributed by atoms with Gasteiger partial charge in [0, 0.05) is 5.56 Å². The standard InChI is InChI=1S/C15H19FO3/c1-2-15(8-4-3-5-9-15)19-13-10-11(14(17)18)6-7-12(13)16/h6-7,10H,2-5,8-9H2,1H3,(H,17,18)/p-1. The molecule has 2 rings (SSSR count). The molecule has 0 aliphatic heterocycles. The monoisotopic (exact) mass is 265 g/mol. The van der Waals surface area contributed by atoms with Crippen molar-refractivity contribution in [2.45, 2.75) is 51.0 Å². The second-order valence-electron chi connectivity index (χ2n) is 5.13. The molecule has 19 heavy (non-hydrogen) atoms. The van der Waals surface area contributed by atoms with E-state index < -0.39 is 11.8 Å². The lowest BCUT2D eigenvalue weighted by Gasteiger charge is -2.37. The molecule has 0 heterocycles. The highest BCUT2D eigenvalue weighted by Crippen LogP contribution is 2.36. The molecule has 1 aromatic carbocycles. The van der Waals surface area contributed by atoms with E-state index in [4.69, 9.17) is 4.74 Å². The van der Waals surface area contributed by atoms with E-state index in [1.165, 1.54) is 18.6 Å². The number of ether oxygens (including phenoxy) is 1. The van der Waals surface area contributed by atoms with Gasteiger partial charge in [-0.2, -0.15) is 0 Å². The van der Waals surface area contributed by atoms with Crippen molar-refractivity contribution >= 4 is 5.97 Å². The molecule has 0 bridgehead atoms. The van der Waals surface area contributed by atoms with Crippen molar-refractivity contribution in [3.63, 3.8) is 0 Å². The van der Waals surface area contributed by atoms with Crippen molar-refractivity contribution in [1.82, 2.24) is 0 Å². The van der Waals surface area contributed by atoms with Gasteiger partial charge in [-0.1, -0.05) is 13.3 Å². The number of aromatic carboxylic acids is 1. The van der Waals surface area contributed by atoms with Gasteiger partial charge in [0.15, 0.2) is 11.6 Å². The van der Waals surface area contributed by atoms with Crippen LogP contribution in [-0.4, -0.2) is 11.6 Å². The Morgan fingerprint density at radius 2 is 2.05 bits per heavy atom. The summed E-state index contributed by atoms with van der Waals surface area (Å²) in [6.45, 7) is 2.02. The largest absolute Gasteiger partial charge is 0.545 e. The number of carbonyl (C=O) groups excluding carboxylic acids is 1. The van der Waals surface area contributed by atoms with E-state index in [1.54, 1.807) is 0 Å². The first-order valence-corrected chi connectivity index (χ1v) is 6.76. The molecular formula is C15H18FO3-. The molecular weight excluding hydrogens is 247 g/mol. The van der Waals surface area contributed by atoms with Crippen molar-refractivity contribution in [3.05, 3.63) is 29.6 Å². The van der Waals surface area contributed by atoms with Crippen LogP contribution in [0.25, 0.3) is 0 Å². The predicted molar refractivity (Wildman–Crippen MR) is 67.5 cm³/mol. The molecule has 3 nitrogen and oxygen atoms in total. The fourth-order valence-electron chi connectivity index (χ4n) is 2.67. The molecule has 0 radical (unpaired) electrons. The van der Waals surface area contributed by atoms with Gasteiger partial charge in [-0.15, -0.1) is 0 Å². The third kappa shape index (κ3) is 3.06. The van der Waals surface area contributed by atoms with Gasteiger partial charge in [-0.05, 0) is 50.3 Å². The van der Waals surface area contributed by atoms with Gasteiger partial charge in [0.2, 0.25) is 0 Å². The maximum Gasteiger partial charge on any atom is 0.165 e. The van der Waals surface area contributed by atoms with Crippen LogP contribution in [0.2, 0.25) is 0 Å². The van der Waals surface area contributed by atoms with Crippen molar-refractivity contribution < 1.29 is 19.0 Å². The number of carboxylic acids is 1. The van der Waals surface area contributed by atoms with Crippen LogP contribution in [0.4, 0.5) is 4.39 Å². The zero-order chi connectivity index (χ0) is 13.9. The second-order valence-corrected chi connectivity index (χ2v) is 5.13. The minimum atomic E-state index is -1.32. The van der Waals surface area contributed by atoms with Gasteiger partial charge in [0.05, 0.1) is 5.97 Å². The summed E-state index contributed by atoms with van der Waals surface area (Å²) < 4.78 is 19.6. The lowest BCUT2D eigenvalue weighted by Crippen LogP contribution is -2.37. The molecule has 0 saturated heterocycles. The molecule has 1 aliphatic rings. The van der Waals surface area contributed by atoms with Gasteiger partial charge in [0.25, 0.3) is 0 Å². The van der Waals surface area contributed by atoms with Crippen LogP contribution in [0.5, 0.6) is 5.75 Å². The van der Waals surface area contributed by atoms with Crippen LogP contribution < -0.4 is 9.84 Å². The Labute approximate surface area is 112 Å². The molecule has 0 unspecified atom stereocenters. The van der Waals surface area contributed by atoms with Crippen LogP contribution >= 0.6 is 0 Å². The van der Waals surface area contributed by atoms with E-state index in [1.807, 2.05) is 6.92 Å². The topological polar surface area (TPSA) is 49.4 Å². The van der Waals surface area contributed by atoms with Crippen molar-refractivity contribution in [3.8, 4) is 5.75 Å². The third-order valence-electron chi connectivity index (χ3n) is 3.90. The minimum Gasteiger partial charge on any atom is -0.545 e. The summed E-state index contributed by atoms with van der Waals surface area (Å²) in [7, 11) is 0. The molecule has 1 fully saturated rings. The Hall–Kier alpha value is -1.58. The summed E-state index contributed by atoms with van der Waals surface area (Å²) in [6, 6.07) is 3.53. The number of carboxylic acid groups (broad SMARTS) is 1. The molecule has 4 heteroatoms. The SMILES string of the molecule is CCC1(Oc2cc(C(=O)[O-])ccc2F)CCCCC1. The van der Waals surface area contributed by atoms with Gasteiger partial charge in [-0.25, -0.2) is 4.39 Å². The molecule has 0 atom stereocenters. The fraction of sp³-hybridized carbons (Fsp3) is 0.533. The van der Waals surface area contributed by atoms with Gasteiger partial charge >= 0.3 is 0 Å². The summed E-state index contributed by atoms with van der Waals surface area (Å²) >= 11 is 0. The average molecular weight is 265 g/mol. The van der Waals surface area contributed by atoms with Crippen LogP contribution in [0.1, 0.15) is 55.8 Å². The number of hydrogen-bond acceptors (Lipinski definition) is 3. The predicted octanol–water partition coefficient (Wildman–Crippen LogP) is 2.68. The maximum absolute atomic E-state index is 13.8. The average Bonchev–Trinajstić information content (AvgIpc) is 2.42. The van der Waals surface area contributed by atoms with E-state index in [0.29, 0.717) is 0 Å². The summed E-state index contributed by atoms with van der Waals surface area (Å²) in [5, 5.41) is 10.8. The number of hydrogen-bond donors (Lipinski definition) is 0. The highest BCUT2D eigenvalue weighted by Gasteiger charge is 2.33. The summed E-state index contributed by atoms with van der Waals surface area (Å²) in [6.07, 6.45) is 5.87. The van der Waals surface area contributed by atoms with Gasteiger partial charge < -0.3 is 14.6 Å². The first-order valence-electron chi connectivity index (χ1n) is 6.76. The molecule has 1 aliphatic carbocycles. The van der Waals surface area contributed by atoms with Crippen molar-refractivity contribution in [2.75, 3.05) is 0 Å². The normalized spacial score (nSPS) is 18.0. The molecule has 1 saturated carbocycles. The highest BCUT2D eigenvalue weighted by molar-refractivity contribution is 5.86. The zero-order valence-electron chi connectivity index (χ0n) is 11.1. The van der Waals surface area contributed by atoms with Crippen LogP contribution in [0.15, 0.2) is 18.2 Å². The quantitative estimate of drug-likeness (QED) is 0.841. The zero-order valence-corrected chi connectivity index (χ0v) is 11.1. The number of benzene rings is 1. The fourth-order valence-corrected chi connectivity index (χ4v) is 2.67. The van der Waals surface area contributed by atoms with Crippen molar-refractivity contribution in [2.24, 2.45) is 0 Å². The van der Waals surface area contributed by atoms with E-state index in [9.17, 15) is 14.3 Å². The molecule has 0 aromatic heterocycles. The van der Waals surface area contributed by atoms with Crippen LogP contribution in [0.3, 0.4) is 0 Å². The summed E-state index contributed by atoms with van der Waals surface area (Å²) in [5.74, 6) is -1.83. The molecule has 0 N–H and O–H groups in total. The maximum atomic E-state index is 13.8. The number of halogens is 1. The first-order chi connectivity index (χ1) is 9.06. The molecule has 104 valence electrons. The number of carbonyl (C=O) groups is 1. The molecule has 0 amide bonds. The van der Waals surface area contributed by atoms with Crippen molar-refractivity contribution in [1.29, 1.82) is 0 Å². The summed E-state index contributed by atoms with van der Waals surface area (Å²) in [5.41, 5.74) is -0.414. The molecule has 0 spiro atoms. The van der Waals surface area contributed by atoms with Gasteiger partial charge in [-0.3, -0.25) is 0 Å². The van der Waals surface area contributed by atoms with E-state index >= 15 is 0 Å². The van der Waals surface area contributed by atoms with Gasteiger partial charge in [0.1, 0.15) is 5.60 Å². The third-order valence-corrected chi connectivity index (χ3v) is 3.90. The Morgan fingerprint density at radius 3 is 2.63 bits per heavy atom. The second kappa shape index (κ2) is 5.59. The smallest absolute Gasteiger partial charge is 0.165 e. The van der Waals surface area contributed by atoms with E-state index in [2.05, 4.69) is 0 Å².